The van der Waals surface area contributed by atoms with Gasteiger partial charge in [-0.3, -0.25) is 4.79 Å². The number of benzene rings is 1. The van der Waals surface area contributed by atoms with E-state index in [2.05, 4.69) is 0 Å². The third kappa shape index (κ3) is 4.33. The summed E-state index contributed by atoms with van der Waals surface area (Å²) in [5, 5.41) is 0. The molecule has 1 heterocycles. The van der Waals surface area contributed by atoms with Crippen molar-refractivity contribution in [3.63, 3.8) is 0 Å². The number of nitrogens with zero attached hydrogens (tertiary/aromatic N) is 2. The Morgan fingerprint density at radius 2 is 1.92 bits per heavy atom. The lowest BCUT2D eigenvalue weighted by Gasteiger charge is -2.24. The molecule has 1 aliphatic rings. The fraction of sp³-hybridized carbons (Fsp3) is 0.611. The Balaban J connectivity index is 2.27. The molecule has 0 saturated carbocycles. The molecule has 0 atom stereocenters. The number of carbonyl (C=O) groups excluding carboxylic acids is 1. The van der Waals surface area contributed by atoms with Gasteiger partial charge in [0, 0.05) is 32.1 Å². The number of sulfonamides is 1. The summed E-state index contributed by atoms with van der Waals surface area (Å²) in [5.74, 6) is 0.353. The SMILES string of the molecule is CCc1ccc(OC)c(S(=O)(=O)N2CCCN(C(=O)C(C)C)CC2)c1. The highest BCUT2D eigenvalue weighted by Crippen LogP contribution is 2.28. The zero-order chi connectivity index (χ0) is 18.6. The molecule has 0 aromatic heterocycles. The number of ether oxygens (including phenoxy) is 1. The van der Waals surface area contributed by atoms with Gasteiger partial charge in [0.15, 0.2) is 0 Å². The van der Waals surface area contributed by atoms with Crippen molar-refractivity contribution >= 4 is 15.9 Å². The van der Waals surface area contributed by atoms with E-state index in [1.165, 1.54) is 11.4 Å². The van der Waals surface area contributed by atoms with Gasteiger partial charge in [0.25, 0.3) is 0 Å². The Labute approximate surface area is 150 Å². The number of rotatable bonds is 5. The molecule has 0 bridgehead atoms. The summed E-state index contributed by atoms with van der Waals surface area (Å²) in [4.78, 5) is 14.2. The molecule has 0 N–H and O–H groups in total. The van der Waals surface area contributed by atoms with Gasteiger partial charge in [0.05, 0.1) is 7.11 Å². The van der Waals surface area contributed by atoms with Crippen molar-refractivity contribution in [3.8, 4) is 5.75 Å². The smallest absolute Gasteiger partial charge is 0.246 e. The Bertz CT molecular complexity index is 716. The van der Waals surface area contributed by atoms with Crippen LogP contribution >= 0.6 is 0 Å². The molecule has 1 aliphatic heterocycles. The minimum Gasteiger partial charge on any atom is -0.495 e. The van der Waals surface area contributed by atoms with Gasteiger partial charge in [-0.2, -0.15) is 4.31 Å². The minimum absolute atomic E-state index is 0.0739. The summed E-state index contributed by atoms with van der Waals surface area (Å²) < 4.78 is 33.0. The van der Waals surface area contributed by atoms with E-state index in [0.717, 1.165) is 12.0 Å². The van der Waals surface area contributed by atoms with Gasteiger partial charge in [-0.05, 0) is 30.5 Å². The zero-order valence-corrected chi connectivity index (χ0v) is 16.3. The molecule has 2 rings (SSSR count). The molecule has 0 spiro atoms. The Morgan fingerprint density at radius 1 is 1.20 bits per heavy atom. The van der Waals surface area contributed by atoms with Crippen molar-refractivity contribution in [2.24, 2.45) is 5.92 Å². The van der Waals surface area contributed by atoms with Crippen LogP contribution in [-0.4, -0.2) is 56.8 Å². The lowest BCUT2D eigenvalue weighted by molar-refractivity contribution is -0.134. The third-order valence-corrected chi connectivity index (χ3v) is 6.43. The topological polar surface area (TPSA) is 66.9 Å². The summed E-state index contributed by atoms with van der Waals surface area (Å²) in [5.41, 5.74) is 0.950. The molecule has 1 saturated heterocycles. The molecule has 25 heavy (non-hydrogen) atoms. The lowest BCUT2D eigenvalue weighted by Crippen LogP contribution is -2.39. The van der Waals surface area contributed by atoms with Gasteiger partial charge in [-0.25, -0.2) is 8.42 Å². The van der Waals surface area contributed by atoms with Crippen LogP contribution in [0.3, 0.4) is 0 Å². The van der Waals surface area contributed by atoms with Crippen LogP contribution in [0.1, 0.15) is 32.8 Å². The molecular weight excluding hydrogens is 340 g/mol. The van der Waals surface area contributed by atoms with Crippen LogP contribution in [0.4, 0.5) is 0 Å². The second kappa shape index (κ2) is 8.19. The lowest BCUT2D eigenvalue weighted by atomic mass is 10.2. The summed E-state index contributed by atoms with van der Waals surface area (Å²) >= 11 is 0. The second-order valence-corrected chi connectivity index (χ2v) is 8.48. The van der Waals surface area contributed by atoms with Crippen LogP contribution in [0.5, 0.6) is 5.75 Å². The number of hydrogen-bond acceptors (Lipinski definition) is 4. The van der Waals surface area contributed by atoms with Crippen molar-refractivity contribution in [3.05, 3.63) is 23.8 Å². The molecule has 1 aromatic carbocycles. The maximum Gasteiger partial charge on any atom is 0.246 e. The zero-order valence-electron chi connectivity index (χ0n) is 15.5. The molecule has 6 nitrogen and oxygen atoms in total. The van der Waals surface area contributed by atoms with E-state index < -0.39 is 10.0 Å². The third-order valence-electron chi connectivity index (χ3n) is 4.51. The molecule has 140 valence electrons. The maximum atomic E-state index is 13.1. The number of carbonyl (C=O) groups is 1. The Kier molecular flexibility index (Phi) is 6.46. The van der Waals surface area contributed by atoms with E-state index >= 15 is 0 Å². The molecular formula is C18H28N2O4S. The predicted molar refractivity (Wildman–Crippen MR) is 97.2 cm³/mol. The van der Waals surface area contributed by atoms with Crippen LogP contribution in [0.25, 0.3) is 0 Å². The standard InChI is InChI=1S/C18H28N2O4S/c1-5-15-7-8-16(24-4)17(13-15)25(22,23)20-10-6-9-19(11-12-20)18(21)14(2)3/h7-8,13-14H,5-6,9-12H2,1-4H3. The van der Waals surface area contributed by atoms with Crippen LogP contribution in [0.2, 0.25) is 0 Å². The van der Waals surface area contributed by atoms with Gasteiger partial charge < -0.3 is 9.64 Å². The number of amides is 1. The van der Waals surface area contributed by atoms with Gasteiger partial charge in [-0.1, -0.05) is 26.8 Å². The maximum absolute atomic E-state index is 13.1. The van der Waals surface area contributed by atoms with E-state index in [-0.39, 0.29) is 16.7 Å². The van der Waals surface area contributed by atoms with E-state index in [4.69, 9.17) is 4.74 Å². The first-order valence-corrected chi connectivity index (χ1v) is 10.2. The van der Waals surface area contributed by atoms with Crippen LogP contribution in [-0.2, 0) is 21.2 Å². The summed E-state index contributed by atoms with van der Waals surface area (Å²) in [6.07, 6.45) is 1.39. The number of hydrogen-bond donors (Lipinski definition) is 0. The first-order chi connectivity index (χ1) is 11.8. The molecule has 0 unspecified atom stereocenters. The van der Waals surface area contributed by atoms with E-state index in [9.17, 15) is 13.2 Å². The average molecular weight is 368 g/mol. The molecule has 0 aliphatic carbocycles. The molecule has 0 radical (unpaired) electrons. The molecule has 7 heteroatoms. The molecule has 1 aromatic rings. The Morgan fingerprint density at radius 3 is 2.52 bits per heavy atom. The Hall–Kier alpha value is -1.60. The summed E-state index contributed by atoms with van der Waals surface area (Å²) in [6, 6.07) is 5.28. The second-order valence-electron chi connectivity index (χ2n) is 6.58. The average Bonchev–Trinajstić information content (AvgIpc) is 2.86. The minimum atomic E-state index is -3.66. The first-order valence-electron chi connectivity index (χ1n) is 8.77. The van der Waals surface area contributed by atoms with Crippen molar-refractivity contribution in [1.29, 1.82) is 0 Å². The quantitative estimate of drug-likeness (QED) is 0.799. The molecule has 1 fully saturated rings. The van der Waals surface area contributed by atoms with E-state index in [1.807, 2.05) is 26.8 Å². The van der Waals surface area contributed by atoms with Gasteiger partial charge >= 0.3 is 0 Å². The van der Waals surface area contributed by atoms with Gasteiger partial charge in [0.2, 0.25) is 15.9 Å². The number of methoxy groups -OCH3 is 1. The fourth-order valence-electron chi connectivity index (χ4n) is 3.00. The van der Waals surface area contributed by atoms with Crippen molar-refractivity contribution in [2.75, 3.05) is 33.3 Å². The fourth-order valence-corrected chi connectivity index (χ4v) is 4.68. The summed E-state index contributed by atoms with van der Waals surface area (Å²) in [6.45, 7) is 7.44. The highest BCUT2D eigenvalue weighted by atomic mass is 32.2. The largest absolute Gasteiger partial charge is 0.495 e. The summed E-state index contributed by atoms with van der Waals surface area (Å²) in [7, 11) is -2.18. The predicted octanol–water partition coefficient (Wildman–Crippen LogP) is 2.14. The highest BCUT2D eigenvalue weighted by molar-refractivity contribution is 7.89. The van der Waals surface area contributed by atoms with Gasteiger partial charge in [0.1, 0.15) is 10.6 Å². The van der Waals surface area contributed by atoms with Crippen molar-refractivity contribution in [1.82, 2.24) is 9.21 Å². The normalized spacial score (nSPS) is 16.8. The van der Waals surface area contributed by atoms with Crippen molar-refractivity contribution in [2.45, 2.75) is 38.5 Å². The number of aryl methyl sites for hydroxylation is 1. The molecule has 1 amide bonds. The highest BCUT2D eigenvalue weighted by Gasteiger charge is 2.31. The van der Waals surface area contributed by atoms with Crippen molar-refractivity contribution < 1.29 is 17.9 Å². The van der Waals surface area contributed by atoms with E-state index in [0.29, 0.717) is 38.3 Å². The van der Waals surface area contributed by atoms with Crippen LogP contribution < -0.4 is 4.74 Å². The monoisotopic (exact) mass is 368 g/mol. The first kappa shape index (κ1) is 19.7. The van der Waals surface area contributed by atoms with Crippen LogP contribution in [0, 0.1) is 5.92 Å². The van der Waals surface area contributed by atoms with Crippen LogP contribution in [0.15, 0.2) is 23.1 Å². The van der Waals surface area contributed by atoms with E-state index in [1.54, 1.807) is 17.0 Å². The van der Waals surface area contributed by atoms with Gasteiger partial charge in [-0.15, -0.1) is 0 Å².